The van der Waals surface area contributed by atoms with E-state index < -0.39 is 8.07 Å². The normalized spacial score (nSPS) is 12.0. The van der Waals surface area contributed by atoms with E-state index in [9.17, 15) is 0 Å². The molecule has 0 saturated heterocycles. The van der Waals surface area contributed by atoms with Crippen molar-refractivity contribution in [1.29, 1.82) is 0 Å². The summed E-state index contributed by atoms with van der Waals surface area (Å²) in [6.07, 6.45) is 1.29. The molecule has 0 aromatic heterocycles. The van der Waals surface area contributed by atoms with Crippen molar-refractivity contribution >= 4 is 8.07 Å². The molecular weight excluding hydrogens is 547 g/mol. The fourth-order valence-corrected chi connectivity index (χ4v) is 2.60. The highest BCUT2D eigenvalue weighted by Gasteiger charge is 2.27. The summed E-state index contributed by atoms with van der Waals surface area (Å²) >= 11 is 0. The van der Waals surface area contributed by atoms with E-state index in [1.54, 1.807) is 0 Å². The molecule has 0 saturated carbocycles. The van der Waals surface area contributed by atoms with Gasteiger partial charge in [0.15, 0.2) is 0 Å². The molecule has 0 aromatic rings. The van der Waals surface area contributed by atoms with E-state index >= 15 is 0 Å². The number of hydrogen-bond donors (Lipinski definition) is 0. The van der Waals surface area contributed by atoms with Crippen LogP contribution in [0.5, 0.6) is 0 Å². The van der Waals surface area contributed by atoms with Crippen LogP contribution in [0.25, 0.3) is 0 Å². The lowest BCUT2D eigenvalue weighted by Gasteiger charge is -2.42. The van der Waals surface area contributed by atoms with Gasteiger partial charge in [0.2, 0.25) is 0 Å². The Morgan fingerprint density at radius 1 is 0.409 bits per heavy atom. The summed E-state index contributed by atoms with van der Waals surface area (Å²) in [6, 6.07) is 1.41. The minimum absolute atomic E-state index is 0. The average molecular weight is 652 g/mol. The van der Waals surface area contributed by atoms with E-state index in [0.29, 0.717) is 27.1 Å². The molecule has 0 heterocycles. The van der Waals surface area contributed by atoms with Gasteiger partial charge in [-0.15, -0.1) is 0 Å². The Morgan fingerprint density at radius 3 is 0.523 bits per heavy atom. The number of hydrogen-bond acceptors (Lipinski definition) is 1. The fourth-order valence-electron chi connectivity index (χ4n) is 2.60. The van der Waals surface area contributed by atoms with E-state index in [0.717, 1.165) is 0 Å². The van der Waals surface area contributed by atoms with E-state index in [-0.39, 0.29) is 25.9 Å². The van der Waals surface area contributed by atoms with Crippen LogP contribution in [0.15, 0.2) is 0 Å². The predicted octanol–water partition coefficient (Wildman–Crippen LogP) is 16.8. The third-order valence-corrected chi connectivity index (χ3v) is 6.26. The molecule has 0 fully saturated rings. The van der Waals surface area contributed by atoms with Crippen LogP contribution in [0.2, 0.25) is 25.7 Å². The Morgan fingerprint density at radius 2 is 0.523 bits per heavy atom. The number of nitrogens with zero attached hydrogens (tertiary/aromatic N) is 1. The molecule has 0 radical (unpaired) electrons. The molecule has 0 aliphatic carbocycles. The van der Waals surface area contributed by atoms with Crippen LogP contribution in [0.1, 0.15) is 208 Å². The summed E-state index contributed by atoms with van der Waals surface area (Å²) in [5, 5.41) is 0. The maximum atomic E-state index is 2.38. The van der Waals surface area contributed by atoms with Crippen LogP contribution in [0.3, 0.4) is 0 Å². The van der Waals surface area contributed by atoms with Gasteiger partial charge in [0.25, 0.3) is 0 Å². The molecule has 44 heavy (non-hydrogen) atoms. The molecule has 0 spiro atoms. The Balaban J connectivity index is -0.0000000478. The highest BCUT2D eigenvalue weighted by Crippen LogP contribution is 2.32. The highest BCUT2D eigenvalue weighted by molar-refractivity contribution is 6.75. The minimum atomic E-state index is -0.631. The van der Waals surface area contributed by atoms with E-state index in [1.165, 1.54) is 12.5 Å². The first kappa shape index (κ1) is 66.6. The third-order valence-electron chi connectivity index (χ3n) is 4.13. The van der Waals surface area contributed by atoms with Crippen LogP contribution in [-0.4, -0.2) is 31.1 Å². The first-order chi connectivity index (χ1) is 17.4. The van der Waals surface area contributed by atoms with Crippen molar-refractivity contribution in [2.24, 2.45) is 27.1 Å². The fraction of sp³-hybridized carbons (Fsp3) is 1.00. The van der Waals surface area contributed by atoms with Gasteiger partial charge in [-0.2, -0.15) is 0 Å². The zero-order chi connectivity index (χ0) is 37.0. The van der Waals surface area contributed by atoms with Crippen molar-refractivity contribution in [3.63, 3.8) is 0 Å². The predicted molar refractivity (Wildman–Crippen MR) is 225 cm³/mol. The molecule has 0 aromatic carbocycles. The van der Waals surface area contributed by atoms with E-state index in [4.69, 9.17) is 0 Å². The van der Waals surface area contributed by atoms with Crippen molar-refractivity contribution in [3.05, 3.63) is 0 Å². The molecule has 282 valence electrons. The van der Waals surface area contributed by atoms with Gasteiger partial charge in [-0.3, -0.25) is 4.90 Å². The van der Waals surface area contributed by atoms with Gasteiger partial charge in [0.1, 0.15) is 0 Å². The first-order valence-corrected chi connectivity index (χ1v) is 20.9. The zero-order valence-electron chi connectivity index (χ0n) is 36.9. The largest absolute Gasteiger partial charge is 0.297 e. The monoisotopic (exact) mass is 652 g/mol. The van der Waals surface area contributed by atoms with Crippen LogP contribution < -0.4 is 0 Å². The van der Waals surface area contributed by atoms with Crippen LogP contribution in [0, 0.1) is 27.1 Å². The maximum absolute atomic E-state index is 2.38. The van der Waals surface area contributed by atoms with Gasteiger partial charge in [-0.25, -0.2) is 0 Å². The highest BCUT2D eigenvalue weighted by atomic mass is 28.3. The van der Waals surface area contributed by atoms with Gasteiger partial charge in [-0.05, 0) is 82.1 Å². The molecular formula is C42H105NSi. The maximum Gasteiger partial charge on any atom is 0.0439 e. The van der Waals surface area contributed by atoms with Crippen molar-refractivity contribution in [1.82, 2.24) is 4.90 Å². The van der Waals surface area contributed by atoms with Gasteiger partial charge in [0, 0.05) is 19.2 Å². The second kappa shape index (κ2) is 27.2. The van der Waals surface area contributed by atoms with Crippen molar-refractivity contribution in [2.45, 2.75) is 245 Å². The first-order valence-electron chi connectivity index (χ1n) is 17.2. The summed E-state index contributed by atoms with van der Waals surface area (Å²) in [4.78, 5) is 2.38. The molecule has 0 unspecified atom stereocenters. The summed E-state index contributed by atoms with van der Waals surface area (Å²) in [5.74, 6) is 0. The molecule has 0 rings (SSSR count). The molecule has 0 N–H and O–H groups in total. The minimum Gasteiger partial charge on any atom is -0.297 e. The molecule has 0 aliphatic rings. The Kier molecular flexibility index (Phi) is 41.1. The molecule has 2 heteroatoms. The lowest BCUT2D eigenvalue weighted by molar-refractivity contribution is 0.0700. The Bertz CT molecular complexity index is 472. The quantitative estimate of drug-likeness (QED) is 0.255. The molecule has 0 aliphatic heterocycles. The van der Waals surface area contributed by atoms with Crippen LogP contribution in [0.4, 0.5) is 0 Å². The van der Waals surface area contributed by atoms with E-state index in [2.05, 4.69) is 205 Å². The van der Waals surface area contributed by atoms with Gasteiger partial charge in [-0.1, -0.05) is 186 Å². The van der Waals surface area contributed by atoms with Gasteiger partial charge in [0.05, 0.1) is 0 Å². The SMILES string of the molecule is C.C.CC.CC(C)(C)C.CC(C)(C)C.CC(C)(C)C.CC(C)(C)CC(C)(C)C.CC[Si](C)(C)C.CN(C(C)(C)C)C(C)(C)C. The summed E-state index contributed by atoms with van der Waals surface area (Å²) in [5.41, 5.74) is 3.02. The standard InChI is InChI=1S/C9H21N.C9H20.C5H14Si.3C5H12.C2H6.2CH4/c1-8(2,3)10(7)9(4,5)6;1-8(2,3)7-9(4,5)6;1-5-6(2,3)4;3*1-5(2,3)4;1-2;;/h1-7H3;7H2,1-6H3;5H2,1-4H3;3*1-4H3;1-2H3;2*1H4. The van der Waals surface area contributed by atoms with Crippen molar-refractivity contribution in [3.8, 4) is 0 Å². The molecule has 0 atom stereocenters. The lowest BCUT2D eigenvalue weighted by Crippen LogP contribution is -2.49. The lowest BCUT2D eigenvalue weighted by atomic mass is 9.78. The van der Waals surface area contributed by atoms with Crippen molar-refractivity contribution in [2.75, 3.05) is 7.05 Å². The topological polar surface area (TPSA) is 3.24 Å². The summed E-state index contributed by atoms with van der Waals surface area (Å²) < 4.78 is 0. The molecule has 0 amide bonds. The van der Waals surface area contributed by atoms with Gasteiger partial charge < -0.3 is 0 Å². The number of rotatable bonds is 1. The third kappa shape index (κ3) is 159. The second-order valence-corrected chi connectivity index (χ2v) is 27.9. The molecule has 1 nitrogen and oxygen atoms in total. The smallest absolute Gasteiger partial charge is 0.0439 e. The molecule has 0 bridgehead atoms. The zero-order valence-corrected chi connectivity index (χ0v) is 37.9. The Labute approximate surface area is 291 Å². The Hall–Kier alpha value is 0.177. The van der Waals surface area contributed by atoms with Crippen LogP contribution >= 0.6 is 0 Å². The van der Waals surface area contributed by atoms with E-state index in [1.807, 2.05) is 13.8 Å². The summed E-state index contributed by atoms with van der Waals surface area (Å²) in [6.45, 7) is 66.8. The van der Waals surface area contributed by atoms with Crippen molar-refractivity contribution < 1.29 is 0 Å². The van der Waals surface area contributed by atoms with Crippen LogP contribution in [-0.2, 0) is 0 Å². The summed E-state index contributed by atoms with van der Waals surface area (Å²) in [7, 11) is 1.54. The second-order valence-electron chi connectivity index (χ2n) is 22.1. The average Bonchev–Trinajstić information content (AvgIpc) is 2.54. The van der Waals surface area contributed by atoms with Gasteiger partial charge >= 0.3 is 0 Å².